The smallest absolute Gasteiger partial charge is 0.251 e. The van der Waals surface area contributed by atoms with Gasteiger partial charge in [-0.1, -0.05) is 6.92 Å². The van der Waals surface area contributed by atoms with Crippen LogP contribution in [0.2, 0.25) is 0 Å². The zero-order chi connectivity index (χ0) is 15.3. The molecule has 0 aliphatic rings. The quantitative estimate of drug-likeness (QED) is 0.615. The number of amides is 1. The Morgan fingerprint density at radius 2 is 1.86 bits per heavy atom. The highest BCUT2D eigenvalue weighted by atomic mass is 16.5. The van der Waals surface area contributed by atoms with E-state index in [0.717, 1.165) is 25.1 Å². The number of carbonyl (C=O) groups is 1. The number of benzene rings is 1. The molecule has 5 nitrogen and oxygen atoms in total. The molecule has 1 aromatic carbocycles. The summed E-state index contributed by atoms with van der Waals surface area (Å²) in [5.41, 5.74) is 1.72. The first-order valence-electron chi connectivity index (χ1n) is 7.46. The van der Waals surface area contributed by atoms with Gasteiger partial charge in [-0.2, -0.15) is 0 Å². The fourth-order valence-corrected chi connectivity index (χ4v) is 1.73. The number of methoxy groups -OCH3 is 1. The summed E-state index contributed by atoms with van der Waals surface area (Å²) < 4.78 is 10.2. The minimum atomic E-state index is -0.0473. The van der Waals surface area contributed by atoms with Crippen LogP contribution in [-0.2, 0) is 9.47 Å². The third kappa shape index (κ3) is 7.68. The lowest BCUT2D eigenvalue weighted by Gasteiger charge is -2.08. The van der Waals surface area contributed by atoms with Gasteiger partial charge >= 0.3 is 0 Å². The van der Waals surface area contributed by atoms with E-state index in [2.05, 4.69) is 17.6 Å². The maximum absolute atomic E-state index is 11.9. The van der Waals surface area contributed by atoms with Crippen LogP contribution in [0.3, 0.4) is 0 Å². The van der Waals surface area contributed by atoms with E-state index in [4.69, 9.17) is 9.47 Å². The summed E-state index contributed by atoms with van der Waals surface area (Å²) in [6.45, 7) is 5.50. The molecule has 118 valence electrons. The Morgan fingerprint density at radius 1 is 1.10 bits per heavy atom. The van der Waals surface area contributed by atoms with Gasteiger partial charge in [0.05, 0.1) is 13.2 Å². The molecular weight excluding hydrogens is 268 g/mol. The molecule has 0 bridgehead atoms. The average molecular weight is 294 g/mol. The van der Waals surface area contributed by atoms with Crippen LogP contribution >= 0.6 is 0 Å². The van der Waals surface area contributed by atoms with Crippen molar-refractivity contribution < 1.29 is 14.3 Å². The Labute approximate surface area is 127 Å². The predicted molar refractivity (Wildman–Crippen MR) is 84.9 cm³/mol. The van der Waals surface area contributed by atoms with Gasteiger partial charge in [-0.05, 0) is 37.1 Å². The molecule has 0 radical (unpaired) electrons. The number of rotatable bonds is 11. The number of hydrogen-bond acceptors (Lipinski definition) is 4. The Bertz CT molecular complexity index is 393. The largest absolute Gasteiger partial charge is 0.385 e. The lowest BCUT2D eigenvalue weighted by molar-refractivity contribution is 0.0688. The molecule has 0 aliphatic carbocycles. The van der Waals surface area contributed by atoms with E-state index < -0.39 is 0 Å². The molecule has 5 heteroatoms. The summed E-state index contributed by atoms with van der Waals surface area (Å²) >= 11 is 0. The van der Waals surface area contributed by atoms with Gasteiger partial charge in [0.25, 0.3) is 5.91 Å². The van der Waals surface area contributed by atoms with E-state index in [-0.39, 0.29) is 5.91 Å². The monoisotopic (exact) mass is 294 g/mol. The van der Waals surface area contributed by atoms with E-state index in [1.54, 1.807) is 7.11 Å². The van der Waals surface area contributed by atoms with Crippen molar-refractivity contribution in [3.63, 3.8) is 0 Å². The lowest BCUT2D eigenvalue weighted by atomic mass is 10.2. The Kier molecular flexibility index (Phi) is 9.24. The van der Waals surface area contributed by atoms with Crippen molar-refractivity contribution in [2.75, 3.05) is 45.3 Å². The molecule has 0 saturated heterocycles. The van der Waals surface area contributed by atoms with Gasteiger partial charge in [0, 0.05) is 38.1 Å². The Hall–Kier alpha value is -1.59. The molecule has 0 heterocycles. The van der Waals surface area contributed by atoms with Crippen LogP contribution in [0.4, 0.5) is 5.69 Å². The fraction of sp³-hybridized carbons (Fsp3) is 0.562. The highest BCUT2D eigenvalue weighted by Gasteiger charge is 2.04. The number of anilines is 1. The maximum Gasteiger partial charge on any atom is 0.251 e. The van der Waals surface area contributed by atoms with Crippen LogP contribution in [0.5, 0.6) is 0 Å². The predicted octanol–water partition coefficient (Wildman–Crippen LogP) is 2.29. The summed E-state index contributed by atoms with van der Waals surface area (Å²) in [7, 11) is 1.65. The zero-order valence-electron chi connectivity index (χ0n) is 13.0. The van der Waals surface area contributed by atoms with Gasteiger partial charge in [0.2, 0.25) is 0 Å². The molecule has 0 aromatic heterocycles. The van der Waals surface area contributed by atoms with Gasteiger partial charge in [-0.3, -0.25) is 4.79 Å². The molecule has 0 atom stereocenters. The Balaban J connectivity index is 2.19. The average Bonchev–Trinajstić information content (AvgIpc) is 2.52. The molecule has 2 N–H and O–H groups in total. The van der Waals surface area contributed by atoms with E-state index in [0.29, 0.717) is 31.9 Å². The van der Waals surface area contributed by atoms with Crippen LogP contribution in [0.1, 0.15) is 30.1 Å². The first-order chi connectivity index (χ1) is 10.3. The molecule has 0 saturated carbocycles. The van der Waals surface area contributed by atoms with Crippen molar-refractivity contribution in [3.8, 4) is 0 Å². The summed E-state index contributed by atoms with van der Waals surface area (Å²) in [5.74, 6) is -0.0473. The van der Waals surface area contributed by atoms with Crippen LogP contribution < -0.4 is 10.6 Å². The summed E-state index contributed by atoms with van der Waals surface area (Å²) in [6, 6.07) is 7.53. The minimum absolute atomic E-state index is 0.0473. The first kappa shape index (κ1) is 17.5. The molecule has 0 spiro atoms. The maximum atomic E-state index is 11.9. The summed E-state index contributed by atoms with van der Waals surface area (Å²) in [4.78, 5) is 11.9. The zero-order valence-corrected chi connectivity index (χ0v) is 13.0. The van der Waals surface area contributed by atoms with E-state index in [1.165, 1.54) is 0 Å². The van der Waals surface area contributed by atoms with Gasteiger partial charge in [0.15, 0.2) is 0 Å². The van der Waals surface area contributed by atoms with Crippen molar-refractivity contribution in [2.45, 2.75) is 19.8 Å². The second-order valence-electron chi connectivity index (χ2n) is 4.72. The highest BCUT2D eigenvalue weighted by molar-refractivity contribution is 5.94. The normalized spacial score (nSPS) is 10.4. The van der Waals surface area contributed by atoms with Crippen LogP contribution in [0.15, 0.2) is 24.3 Å². The molecular formula is C16H26N2O3. The lowest BCUT2D eigenvalue weighted by Crippen LogP contribution is -2.25. The third-order valence-electron chi connectivity index (χ3n) is 2.91. The molecule has 1 aromatic rings. The van der Waals surface area contributed by atoms with Crippen molar-refractivity contribution in [3.05, 3.63) is 29.8 Å². The topological polar surface area (TPSA) is 59.6 Å². The fourth-order valence-electron chi connectivity index (χ4n) is 1.73. The summed E-state index contributed by atoms with van der Waals surface area (Å²) in [6.07, 6.45) is 1.88. The van der Waals surface area contributed by atoms with Crippen molar-refractivity contribution >= 4 is 11.6 Å². The third-order valence-corrected chi connectivity index (χ3v) is 2.91. The van der Waals surface area contributed by atoms with Gasteiger partial charge in [0.1, 0.15) is 0 Å². The van der Waals surface area contributed by atoms with Gasteiger partial charge in [-0.25, -0.2) is 0 Å². The first-order valence-corrected chi connectivity index (χ1v) is 7.46. The van der Waals surface area contributed by atoms with Gasteiger partial charge in [-0.15, -0.1) is 0 Å². The van der Waals surface area contributed by atoms with Crippen molar-refractivity contribution in [1.29, 1.82) is 0 Å². The Morgan fingerprint density at radius 3 is 2.52 bits per heavy atom. The number of carbonyl (C=O) groups excluding carboxylic acids is 1. The standard InChI is InChI=1S/C16H26N2O3/c1-3-9-17-15-7-5-14(6-8-15)16(19)18-10-4-11-21-13-12-20-2/h5-8,17H,3-4,9-13H2,1-2H3,(H,18,19). The molecule has 1 amide bonds. The second kappa shape index (κ2) is 11.1. The van der Waals surface area contributed by atoms with E-state index >= 15 is 0 Å². The molecule has 0 unspecified atom stereocenters. The SMILES string of the molecule is CCCNc1ccc(C(=O)NCCCOCCOC)cc1. The van der Waals surface area contributed by atoms with Gasteiger partial charge < -0.3 is 20.1 Å². The van der Waals surface area contributed by atoms with E-state index in [9.17, 15) is 4.79 Å². The second-order valence-corrected chi connectivity index (χ2v) is 4.72. The minimum Gasteiger partial charge on any atom is -0.385 e. The van der Waals surface area contributed by atoms with Crippen LogP contribution in [0.25, 0.3) is 0 Å². The number of ether oxygens (including phenoxy) is 2. The van der Waals surface area contributed by atoms with E-state index in [1.807, 2.05) is 24.3 Å². The van der Waals surface area contributed by atoms with Crippen molar-refractivity contribution in [2.24, 2.45) is 0 Å². The molecule has 0 aliphatic heterocycles. The molecule has 1 rings (SSSR count). The highest BCUT2D eigenvalue weighted by Crippen LogP contribution is 2.09. The molecule has 0 fully saturated rings. The van der Waals surface area contributed by atoms with Crippen LogP contribution in [0, 0.1) is 0 Å². The van der Waals surface area contributed by atoms with Crippen LogP contribution in [-0.4, -0.2) is 45.9 Å². The number of hydrogen-bond donors (Lipinski definition) is 2. The molecule has 21 heavy (non-hydrogen) atoms. The summed E-state index contributed by atoms with van der Waals surface area (Å²) in [5, 5.41) is 6.16. The number of nitrogens with one attached hydrogen (secondary N) is 2. The van der Waals surface area contributed by atoms with Crippen molar-refractivity contribution in [1.82, 2.24) is 5.32 Å².